The number of thioether (sulfide) groups is 1. The maximum Gasteiger partial charge on any atom is 0.285 e. The van der Waals surface area contributed by atoms with Crippen molar-refractivity contribution in [2.75, 3.05) is 0 Å². The summed E-state index contributed by atoms with van der Waals surface area (Å²) >= 11 is 6.47. The number of hydrogen-bond acceptors (Lipinski definition) is 5. The predicted molar refractivity (Wildman–Crippen MR) is 136 cm³/mol. The van der Waals surface area contributed by atoms with Crippen LogP contribution in [0.3, 0.4) is 0 Å². The van der Waals surface area contributed by atoms with Gasteiger partial charge in [-0.15, -0.1) is 0 Å². The number of thiocarbonyl (C=S) groups is 1. The highest BCUT2D eigenvalue weighted by atomic mass is 32.2. The van der Waals surface area contributed by atoms with Gasteiger partial charge in [-0.05, 0) is 73.1 Å². The summed E-state index contributed by atoms with van der Waals surface area (Å²) in [6.45, 7) is 4.45. The van der Waals surface area contributed by atoms with Crippen molar-refractivity contribution < 1.29 is 14.3 Å². The van der Waals surface area contributed by atoms with Crippen molar-refractivity contribution >= 4 is 46.2 Å². The van der Waals surface area contributed by atoms with Crippen molar-refractivity contribution in [3.05, 3.63) is 106 Å². The molecule has 1 heterocycles. The molecule has 1 aliphatic heterocycles. The van der Waals surface area contributed by atoms with E-state index >= 15 is 0 Å². The van der Waals surface area contributed by atoms with E-state index in [4.69, 9.17) is 17.0 Å². The molecule has 3 aromatic carbocycles. The molecule has 1 N–H and O–H groups in total. The van der Waals surface area contributed by atoms with Gasteiger partial charge in [0.05, 0.1) is 4.91 Å². The predicted octanol–water partition coefficient (Wildman–Crippen LogP) is 5.43. The number of carbonyl (C=O) groups excluding carboxylic acids is 2. The van der Waals surface area contributed by atoms with Gasteiger partial charge >= 0.3 is 0 Å². The normalized spacial score (nSPS) is 14.6. The summed E-state index contributed by atoms with van der Waals surface area (Å²) in [5, 5.41) is 1.12. The minimum absolute atomic E-state index is 0.277. The number of nitrogens with zero attached hydrogens (tertiary/aromatic N) is 1. The molecule has 0 aromatic heterocycles. The van der Waals surface area contributed by atoms with Crippen LogP contribution in [-0.2, 0) is 11.4 Å². The summed E-state index contributed by atoms with van der Waals surface area (Å²) in [7, 11) is 0. The molecule has 4 rings (SSSR count). The molecule has 0 spiro atoms. The number of carbonyl (C=O) groups is 2. The molecule has 0 atom stereocenters. The first-order valence-corrected chi connectivity index (χ1v) is 11.6. The average molecular weight is 475 g/mol. The zero-order chi connectivity index (χ0) is 23.4. The van der Waals surface area contributed by atoms with Crippen LogP contribution in [0.2, 0.25) is 0 Å². The highest BCUT2D eigenvalue weighted by molar-refractivity contribution is 8.26. The fourth-order valence-electron chi connectivity index (χ4n) is 3.21. The van der Waals surface area contributed by atoms with Gasteiger partial charge in [0, 0.05) is 5.56 Å². The lowest BCUT2D eigenvalue weighted by Crippen LogP contribution is -2.44. The molecular weight excluding hydrogens is 452 g/mol. The number of rotatable bonds is 6. The molecule has 0 unspecified atom stereocenters. The molecule has 1 aliphatic rings. The maximum atomic E-state index is 12.9. The Kier molecular flexibility index (Phi) is 6.91. The minimum atomic E-state index is -0.390. The molecule has 0 bridgehead atoms. The molecule has 7 heteroatoms. The lowest BCUT2D eigenvalue weighted by Gasteiger charge is -2.15. The minimum Gasteiger partial charge on any atom is -0.489 e. The standard InChI is InChI=1S/C26H22N2O3S2/c1-17-10-12-20(13-11-17)24(29)27-28-25(30)23(33-26(28)32)15-19-7-5-9-22(14-19)31-16-21-8-4-3-6-18(21)2/h3-15H,16H2,1-2H3,(H,27,29)/b23-15+. The zero-order valence-electron chi connectivity index (χ0n) is 18.2. The monoisotopic (exact) mass is 474 g/mol. The van der Waals surface area contributed by atoms with Crippen molar-refractivity contribution in [1.29, 1.82) is 0 Å². The van der Waals surface area contributed by atoms with Gasteiger partial charge in [0.15, 0.2) is 4.32 Å². The van der Waals surface area contributed by atoms with E-state index in [0.29, 0.717) is 22.8 Å². The van der Waals surface area contributed by atoms with Crippen LogP contribution in [-0.4, -0.2) is 21.1 Å². The van der Waals surface area contributed by atoms with Gasteiger partial charge < -0.3 is 4.74 Å². The molecule has 0 saturated carbocycles. The highest BCUT2D eigenvalue weighted by Crippen LogP contribution is 2.32. The molecule has 3 aromatic rings. The van der Waals surface area contributed by atoms with E-state index in [9.17, 15) is 9.59 Å². The molecule has 1 fully saturated rings. The zero-order valence-corrected chi connectivity index (χ0v) is 19.8. The van der Waals surface area contributed by atoms with E-state index in [1.807, 2.05) is 61.5 Å². The van der Waals surface area contributed by atoms with Crippen LogP contribution in [0.1, 0.15) is 32.6 Å². The van der Waals surface area contributed by atoms with Crippen molar-refractivity contribution in [2.24, 2.45) is 0 Å². The SMILES string of the molecule is Cc1ccc(C(=O)NN2C(=O)/C(=C\c3cccc(OCc4ccccc4C)c3)SC2=S)cc1. The smallest absolute Gasteiger partial charge is 0.285 e. The quantitative estimate of drug-likeness (QED) is 0.381. The lowest BCUT2D eigenvalue weighted by molar-refractivity contribution is -0.123. The number of nitrogens with one attached hydrogen (secondary N) is 1. The summed E-state index contributed by atoms with van der Waals surface area (Å²) < 4.78 is 6.22. The Bertz CT molecular complexity index is 1250. The Morgan fingerprint density at radius 3 is 2.58 bits per heavy atom. The second-order valence-electron chi connectivity index (χ2n) is 7.61. The maximum absolute atomic E-state index is 12.9. The van der Waals surface area contributed by atoms with Gasteiger partial charge in [-0.25, -0.2) is 0 Å². The van der Waals surface area contributed by atoms with Gasteiger partial charge in [-0.1, -0.05) is 65.9 Å². The number of ether oxygens (including phenoxy) is 1. The molecular formula is C26H22N2O3S2. The topological polar surface area (TPSA) is 58.6 Å². The summed E-state index contributed by atoms with van der Waals surface area (Å²) in [6.07, 6.45) is 1.75. The number of hydrogen-bond donors (Lipinski definition) is 1. The largest absolute Gasteiger partial charge is 0.489 e. The van der Waals surface area contributed by atoms with Crippen LogP contribution in [0.4, 0.5) is 0 Å². The van der Waals surface area contributed by atoms with E-state index in [1.165, 1.54) is 5.56 Å². The Hall–Kier alpha value is -3.42. The fourth-order valence-corrected chi connectivity index (χ4v) is 4.39. The summed E-state index contributed by atoms with van der Waals surface area (Å²) in [5.41, 5.74) is 7.20. The van der Waals surface area contributed by atoms with E-state index < -0.39 is 0 Å². The second-order valence-corrected chi connectivity index (χ2v) is 9.29. The van der Waals surface area contributed by atoms with Crippen LogP contribution < -0.4 is 10.2 Å². The fraction of sp³-hybridized carbons (Fsp3) is 0.115. The molecule has 33 heavy (non-hydrogen) atoms. The van der Waals surface area contributed by atoms with Gasteiger partial charge in [-0.2, -0.15) is 5.01 Å². The Labute approximate surface area is 202 Å². The van der Waals surface area contributed by atoms with Gasteiger partial charge in [0.1, 0.15) is 12.4 Å². The van der Waals surface area contributed by atoms with E-state index in [-0.39, 0.29) is 16.1 Å². The Morgan fingerprint density at radius 2 is 1.82 bits per heavy atom. The van der Waals surface area contributed by atoms with Crippen molar-refractivity contribution in [1.82, 2.24) is 10.4 Å². The van der Waals surface area contributed by atoms with Crippen LogP contribution in [0, 0.1) is 13.8 Å². The Morgan fingerprint density at radius 1 is 1.06 bits per heavy atom. The highest BCUT2D eigenvalue weighted by Gasteiger charge is 2.33. The number of hydrazine groups is 1. The average Bonchev–Trinajstić information content (AvgIpc) is 3.06. The number of amides is 2. The Balaban J connectivity index is 1.44. The third-order valence-electron chi connectivity index (χ3n) is 5.13. The van der Waals surface area contributed by atoms with Crippen LogP contribution in [0.5, 0.6) is 5.75 Å². The molecule has 1 saturated heterocycles. The lowest BCUT2D eigenvalue weighted by atomic mass is 10.1. The first-order valence-electron chi connectivity index (χ1n) is 10.3. The van der Waals surface area contributed by atoms with Crippen molar-refractivity contribution in [2.45, 2.75) is 20.5 Å². The number of benzene rings is 3. The summed E-state index contributed by atoms with van der Waals surface area (Å²) in [5.74, 6) is -0.0500. The first-order chi connectivity index (χ1) is 15.9. The molecule has 0 radical (unpaired) electrons. The van der Waals surface area contributed by atoms with Gasteiger partial charge in [0.25, 0.3) is 11.8 Å². The molecule has 5 nitrogen and oxygen atoms in total. The third-order valence-corrected chi connectivity index (χ3v) is 6.43. The van der Waals surface area contributed by atoms with Gasteiger partial charge in [-0.3, -0.25) is 15.0 Å². The van der Waals surface area contributed by atoms with Crippen molar-refractivity contribution in [3.63, 3.8) is 0 Å². The van der Waals surface area contributed by atoms with E-state index in [0.717, 1.165) is 33.5 Å². The first kappa shape index (κ1) is 22.8. The molecule has 166 valence electrons. The van der Waals surface area contributed by atoms with Crippen molar-refractivity contribution in [3.8, 4) is 5.75 Å². The van der Waals surface area contributed by atoms with Crippen LogP contribution in [0.25, 0.3) is 6.08 Å². The molecule has 0 aliphatic carbocycles. The second kappa shape index (κ2) is 10.0. The van der Waals surface area contributed by atoms with Crippen LogP contribution in [0.15, 0.2) is 77.7 Å². The van der Waals surface area contributed by atoms with E-state index in [1.54, 1.807) is 18.2 Å². The third kappa shape index (κ3) is 5.50. The van der Waals surface area contributed by atoms with Crippen LogP contribution >= 0.6 is 24.0 Å². The molecule has 2 amide bonds. The van der Waals surface area contributed by atoms with Gasteiger partial charge in [0.2, 0.25) is 0 Å². The number of aryl methyl sites for hydroxylation is 2. The van der Waals surface area contributed by atoms with E-state index in [2.05, 4.69) is 18.4 Å². The summed E-state index contributed by atoms with van der Waals surface area (Å²) in [4.78, 5) is 25.8. The summed E-state index contributed by atoms with van der Waals surface area (Å²) in [6, 6.07) is 22.7.